The molecule has 0 aliphatic heterocycles. The van der Waals surface area contributed by atoms with Gasteiger partial charge in [0.1, 0.15) is 0 Å². The lowest BCUT2D eigenvalue weighted by Gasteiger charge is -2.05. The number of amides is 1. The van der Waals surface area contributed by atoms with Crippen molar-refractivity contribution in [3.63, 3.8) is 0 Å². The Labute approximate surface area is 108 Å². The molecule has 2 heterocycles. The number of para-hydroxylation sites is 1. The Kier molecular flexibility index (Phi) is 2.72. The highest BCUT2D eigenvalue weighted by Crippen LogP contribution is 2.18. The van der Waals surface area contributed by atoms with Gasteiger partial charge in [-0.05, 0) is 24.3 Å². The van der Waals surface area contributed by atoms with Crippen LogP contribution < -0.4 is 5.32 Å². The fourth-order valence-corrected chi connectivity index (χ4v) is 1.92. The van der Waals surface area contributed by atoms with E-state index in [4.69, 9.17) is 0 Å². The number of nitrogens with one attached hydrogen (secondary N) is 2. The molecule has 0 aliphatic rings. The number of H-pyrrole nitrogens is 1. The first-order valence-electron chi connectivity index (χ1n) is 5.73. The summed E-state index contributed by atoms with van der Waals surface area (Å²) in [5.41, 5.74) is 1.76. The summed E-state index contributed by atoms with van der Waals surface area (Å²) < 4.78 is 12.7. The average molecular weight is 255 g/mol. The van der Waals surface area contributed by atoms with Gasteiger partial charge < -0.3 is 10.3 Å². The van der Waals surface area contributed by atoms with Gasteiger partial charge in [0.15, 0.2) is 0 Å². The first-order chi connectivity index (χ1) is 9.24. The number of pyridine rings is 1. The van der Waals surface area contributed by atoms with Gasteiger partial charge in [-0.2, -0.15) is 4.39 Å². The van der Waals surface area contributed by atoms with E-state index in [1.807, 2.05) is 18.2 Å². The Morgan fingerprint density at radius 3 is 2.89 bits per heavy atom. The largest absolute Gasteiger partial charge is 0.361 e. The summed E-state index contributed by atoms with van der Waals surface area (Å²) in [6.45, 7) is 0. The van der Waals surface area contributed by atoms with E-state index in [9.17, 15) is 9.18 Å². The molecule has 19 heavy (non-hydrogen) atoms. The van der Waals surface area contributed by atoms with Crippen molar-refractivity contribution in [3.8, 4) is 0 Å². The normalized spacial score (nSPS) is 10.6. The minimum atomic E-state index is -0.579. The molecule has 2 N–H and O–H groups in total. The van der Waals surface area contributed by atoms with E-state index >= 15 is 0 Å². The van der Waals surface area contributed by atoms with Crippen LogP contribution in [0.2, 0.25) is 0 Å². The standard InChI is InChI=1S/C14H10FN3O/c15-12-5-4-10(8-17-12)18-14(19)11-3-1-2-9-6-7-16-13(9)11/h1-8,16H,(H,18,19). The smallest absolute Gasteiger partial charge is 0.257 e. The molecule has 3 aromatic rings. The molecule has 0 saturated carbocycles. The number of rotatable bonds is 2. The van der Waals surface area contributed by atoms with Gasteiger partial charge in [-0.25, -0.2) is 4.98 Å². The number of aromatic nitrogens is 2. The summed E-state index contributed by atoms with van der Waals surface area (Å²) in [5, 5.41) is 3.64. The van der Waals surface area contributed by atoms with E-state index in [0.717, 1.165) is 10.9 Å². The van der Waals surface area contributed by atoms with Crippen LogP contribution in [0, 0.1) is 5.95 Å². The third kappa shape index (κ3) is 2.18. The zero-order chi connectivity index (χ0) is 13.2. The van der Waals surface area contributed by atoms with Gasteiger partial charge in [0, 0.05) is 11.6 Å². The van der Waals surface area contributed by atoms with Crippen LogP contribution in [0.3, 0.4) is 0 Å². The predicted octanol–water partition coefficient (Wildman–Crippen LogP) is 2.95. The minimum absolute atomic E-state index is 0.263. The second-order valence-corrected chi connectivity index (χ2v) is 4.07. The molecular weight excluding hydrogens is 245 g/mol. The number of halogens is 1. The highest BCUT2D eigenvalue weighted by atomic mass is 19.1. The summed E-state index contributed by atoms with van der Waals surface area (Å²) >= 11 is 0. The number of nitrogens with zero attached hydrogens (tertiary/aromatic N) is 1. The van der Waals surface area contributed by atoms with Crippen molar-refractivity contribution in [1.29, 1.82) is 0 Å². The molecule has 0 unspecified atom stereocenters. The van der Waals surface area contributed by atoms with E-state index in [2.05, 4.69) is 15.3 Å². The van der Waals surface area contributed by atoms with E-state index in [-0.39, 0.29) is 5.91 Å². The van der Waals surface area contributed by atoms with Crippen molar-refractivity contribution < 1.29 is 9.18 Å². The lowest BCUT2D eigenvalue weighted by Crippen LogP contribution is -2.12. The van der Waals surface area contributed by atoms with Crippen molar-refractivity contribution in [1.82, 2.24) is 9.97 Å². The Morgan fingerprint density at radius 1 is 1.21 bits per heavy atom. The number of hydrogen-bond acceptors (Lipinski definition) is 2. The van der Waals surface area contributed by atoms with Crippen molar-refractivity contribution >= 4 is 22.5 Å². The summed E-state index contributed by atoms with van der Waals surface area (Å²) in [4.78, 5) is 18.7. The maximum atomic E-state index is 12.7. The number of fused-ring (bicyclic) bond motifs is 1. The second-order valence-electron chi connectivity index (χ2n) is 4.07. The quantitative estimate of drug-likeness (QED) is 0.692. The lowest BCUT2D eigenvalue weighted by molar-refractivity contribution is 0.102. The number of aromatic amines is 1. The van der Waals surface area contributed by atoms with Crippen LogP contribution in [0.1, 0.15) is 10.4 Å². The van der Waals surface area contributed by atoms with Gasteiger partial charge >= 0.3 is 0 Å². The SMILES string of the molecule is O=C(Nc1ccc(F)nc1)c1cccc2cc[nH]c12. The molecule has 4 nitrogen and oxygen atoms in total. The average Bonchev–Trinajstić information content (AvgIpc) is 2.89. The minimum Gasteiger partial charge on any atom is -0.361 e. The molecule has 0 spiro atoms. The maximum absolute atomic E-state index is 12.7. The number of carbonyl (C=O) groups excluding carboxylic acids is 1. The topological polar surface area (TPSA) is 57.8 Å². The predicted molar refractivity (Wildman–Crippen MR) is 70.4 cm³/mol. The molecule has 0 bridgehead atoms. The zero-order valence-electron chi connectivity index (χ0n) is 9.85. The van der Waals surface area contributed by atoms with Crippen LogP contribution in [0.5, 0.6) is 0 Å². The Morgan fingerprint density at radius 2 is 2.11 bits per heavy atom. The summed E-state index contributed by atoms with van der Waals surface area (Å²) in [5.74, 6) is -0.842. The molecule has 0 fully saturated rings. The van der Waals surface area contributed by atoms with Gasteiger partial charge in [-0.3, -0.25) is 4.79 Å². The van der Waals surface area contributed by atoms with Crippen LogP contribution in [0.15, 0.2) is 48.8 Å². The van der Waals surface area contributed by atoms with E-state index in [1.165, 1.54) is 18.3 Å². The van der Waals surface area contributed by atoms with Crippen molar-refractivity contribution in [3.05, 3.63) is 60.3 Å². The van der Waals surface area contributed by atoms with Gasteiger partial charge in [-0.15, -0.1) is 0 Å². The van der Waals surface area contributed by atoms with Gasteiger partial charge in [0.2, 0.25) is 5.95 Å². The maximum Gasteiger partial charge on any atom is 0.257 e. The van der Waals surface area contributed by atoms with E-state index < -0.39 is 5.95 Å². The molecular formula is C14H10FN3O. The van der Waals surface area contributed by atoms with Crippen LogP contribution >= 0.6 is 0 Å². The highest BCUT2D eigenvalue weighted by molar-refractivity contribution is 6.11. The number of anilines is 1. The fraction of sp³-hybridized carbons (Fsp3) is 0. The molecule has 0 radical (unpaired) electrons. The molecule has 0 aliphatic carbocycles. The first kappa shape index (κ1) is 11.4. The first-order valence-corrected chi connectivity index (χ1v) is 5.73. The van der Waals surface area contributed by atoms with Crippen LogP contribution in [-0.2, 0) is 0 Å². The van der Waals surface area contributed by atoms with E-state index in [0.29, 0.717) is 11.3 Å². The Hall–Kier alpha value is -2.69. The summed E-state index contributed by atoms with van der Waals surface area (Å²) in [6.07, 6.45) is 3.06. The number of carbonyl (C=O) groups is 1. The van der Waals surface area contributed by atoms with Gasteiger partial charge in [-0.1, -0.05) is 12.1 Å². The lowest BCUT2D eigenvalue weighted by atomic mass is 10.1. The van der Waals surface area contributed by atoms with Crippen molar-refractivity contribution in [2.24, 2.45) is 0 Å². The van der Waals surface area contributed by atoms with Crippen molar-refractivity contribution in [2.75, 3.05) is 5.32 Å². The third-order valence-corrected chi connectivity index (χ3v) is 2.82. The zero-order valence-corrected chi connectivity index (χ0v) is 9.85. The molecule has 0 saturated heterocycles. The third-order valence-electron chi connectivity index (χ3n) is 2.82. The van der Waals surface area contributed by atoms with Crippen LogP contribution in [0.4, 0.5) is 10.1 Å². The molecule has 94 valence electrons. The molecule has 1 amide bonds. The molecule has 1 aromatic carbocycles. The van der Waals surface area contributed by atoms with Crippen LogP contribution in [-0.4, -0.2) is 15.9 Å². The second kappa shape index (κ2) is 4.53. The van der Waals surface area contributed by atoms with Gasteiger partial charge in [0.25, 0.3) is 5.91 Å². The number of hydrogen-bond donors (Lipinski definition) is 2. The Balaban J connectivity index is 1.92. The summed E-state index contributed by atoms with van der Waals surface area (Å²) in [6, 6.07) is 10.0. The molecule has 5 heteroatoms. The monoisotopic (exact) mass is 255 g/mol. The van der Waals surface area contributed by atoms with E-state index in [1.54, 1.807) is 12.3 Å². The van der Waals surface area contributed by atoms with Gasteiger partial charge in [0.05, 0.1) is 23.0 Å². The van der Waals surface area contributed by atoms with Crippen molar-refractivity contribution in [2.45, 2.75) is 0 Å². The number of benzene rings is 1. The fourth-order valence-electron chi connectivity index (χ4n) is 1.92. The highest BCUT2D eigenvalue weighted by Gasteiger charge is 2.10. The Bertz CT molecular complexity index is 734. The molecule has 0 atom stereocenters. The van der Waals surface area contributed by atoms with Crippen LogP contribution in [0.25, 0.3) is 10.9 Å². The molecule has 3 rings (SSSR count). The molecule has 2 aromatic heterocycles. The summed E-state index contributed by atoms with van der Waals surface area (Å²) in [7, 11) is 0.